The number of halogens is 3. The van der Waals surface area contributed by atoms with E-state index in [9.17, 15) is 13.2 Å². The Kier molecular flexibility index (Phi) is 7.60. The molecule has 4 rings (SSSR count). The summed E-state index contributed by atoms with van der Waals surface area (Å²) in [6.45, 7) is 4.71. The molecule has 0 spiro atoms. The number of ether oxygens (including phenoxy) is 3. The lowest BCUT2D eigenvalue weighted by Crippen LogP contribution is -2.00. The third kappa shape index (κ3) is 5.60. The standard InChI is InChI=1S/C29H25F3O3/c1-3-33-22-10-5-19(6-11-22)25-15-16-26(29(32)28(25)31)20-7-12-23(13-8-20)35-18-21-9-14-24(34-4-2)17-27(21)30/h5-17H,3-4,18H2,1-2H3. The second-order valence-electron chi connectivity index (χ2n) is 7.75. The Morgan fingerprint density at radius 1 is 0.543 bits per heavy atom. The normalized spacial score (nSPS) is 10.8. The van der Waals surface area contributed by atoms with Gasteiger partial charge in [0.2, 0.25) is 0 Å². The summed E-state index contributed by atoms with van der Waals surface area (Å²) in [5, 5.41) is 0. The minimum absolute atomic E-state index is 0.0252. The van der Waals surface area contributed by atoms with Crippen molar-refractivity contribution in [1.29, 1.82) is 0 Å². The lowest BCUT2D eigenvalue weighted by molar-refractivity contribution is 0.298. The lowest BCUT2D eigenvalue weighted by Gasteiger charge is -2.12. The summed E-state index contributed by atoms with van der Waals surface area (Å²) in [6, 6.07) is 21.1. The summed E-state index contributed by atoms with van der Waals surface area (Å²) in [5.41, 5.74) is 1.75. The van der Waals surface area contributed by atoms with Gasteiger partial charge in [-0.15, -0.1) is 0 Å². The van der Waals surface area contributed by atoms with Crippen LogP contribution in [0.25, 0.3) is 22.3 Å². The zero-order chi connectivity index (χ0) is 24.8. The molecular formula is C29H25F3O3. The molecule has 0 saturated carbocycles. The predicted octanol–water partition coefficient (Wildman–Crippen LogP) is 7.81. The van der Waals surface area contributed by atoms with Gasteiger partial charge >= 0.3 is 0 Å². The van der Waals surface area contributed by atoms with Gasteiger partial charge in [0, 0.05) is 22.8 Å². The van der Waals surface area contributed by atoms with Crippen LogP contribution >= 0.6 is 0 Å². The van der Waals surface area contributed by atoms with E-state index in [1.807, 2.05) is 13.8 Å². The molecule has 0 bridgehead atoms. The quantitative estimate of drug-likeness (QED) is 0.246. The highest BCUT2D eigenvalue weighted by molar-refractivity contribution is 5.72. The highest BCUT2D eigenvalue weighted by Gasteiger charge is 2.16. The fourth-order valence-corrected chi connectivity index (χ4v) is 3.69. The molecule has 0 heterocycles. The van der Waals surface area contributed by atoms with Gasteiger partial charge in [-0.3, -0.25) is 0 Å². The second kappa shape index (κ2) is 11.0. The van der Waals surface area contributed by atoms with Crippen LogP contribution in [0.15, 0.2) is 78.9 Å². The van der Waals surface area contributed by atoms with Crippen molar-refractivity contribution < 1.29 is 27.4 Å². The first-order valence-electron chi connectivity index (χ1n) is 11.4. The summed E-state index contributed by atoms with van der Waals surface area (Å²) in [6.07, 6.45) is 0. The van der Waals surface area contributed by atoms with Crippen molar-refractivity contribution in [3.8, 4) is 39.5 Å². The highest BCUT2D eigenvalue weighted by atomic mass is 19.2. The number of benzene rings is 4. The van der Waals surface area contributed by atoms with E-state index in [4.69, 9.17) is 14.2 Å². The first-order valence-corrected chi connectivity index (χ1v) is 11.4. The van der Waals surface area contributed by atoms with Gasteiger partial charge in [-0.05, 0) is 61.4 Å². The SMILES string of the molecule is CCOc1ccc(-c2ccc(-c3ccc(OCc4ccc(OCC)cc4F)cc3)c(F)c2F)cc1. The van der Waals surface area contributed by atoms with Crippen LogP contribution in [-0.4, -0.2) is 13.2 Å². The summed E-state index contributed by atoms with van der Waals surface area (Å²) >= 11 is 0. The maximum Gasteiger partial charge on any atom is 0.167 e. The Balaban J connectivity index is 1.47. The highest BCUT2D eigenvalue weighted by Crippen LogP contribution is 2.33. The van der Waals surface area contributed by atoms with Gasteiger partial charge in [-0.25, -0.2) is 13.2 Å². The molecule has 0 atom stereocenters. The van der Waals surface area contributed by atoms with Crippen LogP contribution in [-0.2, 0) is 6.61 Å². The molecule has 4 aromatic rings. The molecule has 0 aromatic heterocycles. The molecule has 0 fully saturated rings. The Morgan fingerprint density at radius 2 is 1.00 bits per heavy atom. The molecular weight excluding hydrogens is 453 g/mol. The fourth-order valence-electron chi connectivity index (χ4n) is 3.69. The zero-order valence-corrected chi connectivity index (χ0v) is 19.5. The van der Waals surface area contributed by atoms with Crippen molar-refractivity contribution in [3.05, 3.63) is 102 Å². The van der Waals surface area contributed by atoms with Crippen LogP contribution < -0.4 is 14.2 Å². The van der Waals surface area contributed by atoms with Gasteiger partial charge in [0.25, 0.3) is 0 Å². The smallest absolute Gasteiger partial charge is 0.167 e. The minimum atomic E-state index is -0.929. The molecule has 0 amide bonds. The Hall–Kier alpha value is -3.93. The fraction of sp³-hybridized carbons (Fsp3) is 0.172. The topological polar surface area (TPSA) is 27.7 Å². The van der Waals surface area contributed by atoms with Crippen LogP contribution in [0, 0.1) is 17.5 Å². The van der Waals surface area contributed by atoms with Crippen molar-refractivity contribution in [2.75, 3.05) is 13.2 Å². The van der Waals surface area contributed by atoms with Gasteiger partial charge in [-0.2, -0.15) is 0 Å². The molecule has 3 nitrogen and oxygen atoms in total. The average molecular weight is 479 g/mol. The molecule has 0 saturated heterocycles. The van der Waals surface area contributed by atoms with E-state index < -0.39 is 17.5 Å². The van der Waals surface area contributed by atoms with Crippen LogP contribution in [0.3, 0.4) is 0 Å². The predicted molar refractivity (Wildman–Crippen MR) is 130 cm³/mol. The molecule has 0 aliphatic carbocycles. The first-order chi connectivity index (χ1) is 17.0. The van der Waals surface area contributed by atoms with Crippen molar-refractivity contribution >= 4 is 0 Å². The van der Waals surface area contributed by atoms with Crippen LogP contribution in [0.1, 0.15) is 19.4 Å². The molecule has 0 aliphatic rings. The van der Waals surface area contributed by atoms with Gasteiger partial charge in [-0.1, -0.05) is 36.4 Å². The zero-order valence-electron chi connectivity index (χ0n) is 19.5. The Morgan fingerprint density at radius 3 is 1.49 bits per heavy atom. The number of rotatable bonds is 9. The van der Waals surface area contributed by atoms with E-state index in [1.54, 1.807) is 72.8 Å². The van der Waals surface area contributed by atoms with Crippen LogP contribution in [0.4, 0.5) is 13.2 Å². The molecule has 4 aromatic carbocycles. The van der Waals surface area contributed by atoms with Crippen molar-refractivity contribution in [2.24, 2.45) is 0 Å². The molecule has 0 unspecified atom stereocenters. The van der Waals surface area contributed by atoms with Gasteiger partial charge in [0.15, 0.2) is 11.6 Å². The number of hydrogen-bond donors (Lipinski definition) is 0. The molecule has 35 heavy (non-hydrogen) atoms. The summed E-state index contributed by atoms with van der Waals surface area (Å²) in [4.78, 5) is 0. The van der Waals surface area contributed by atoms with E-state index in [2.05, 4.69) is 0 Å². The Bertz CT molecular complexity index is 1290. The van der Waals surface area contributed by atoms with Gasteiger partial charge < -0.3 is 14.2 Å². The molecule has 0 aliphatic heterocycles. The lowest BCUT2D eigenvalue weighted by atomic mass is 9.98. The second-order valence-corrected chi connectivity index (χ2v) is 7.75. The maximum atomic E-state index is 15.0. The van der Waals surface area contributed by atoms with E-state index in [0.717, 1.165) is 0 Å². The molecule has 180 valence electrons. The average Bonchev–Trinajstić information content (AvgIpc) is 2.87. The van der Waals surface area contributed by atoms with Crippen molar-refractivity contribution in [3.63, 3.8) is 0 Å². The van der Waals surface area contributed by atoms with Crippen molar-refractivity contribution in [1.82, 2.24) is 0 Å². The van der Waals surface area contributed by atoms with Gasteiger partial charge in [0.1, 0.15) is 29.7 Å². The van der Waals surface area contributed by atoms with E-state index in [-0.39, 0.29) is 17.7 Å². The van der Waals surface area contributed by atoms with Crippen LogP contribution in [0.5, 0.6) is 17.2 Å². The maximum absolute atomic E-state index is 15.0. The third-order valence-corrected chi connectivity index (χ3v) is 5.45. The summed E-state index contributed by atoms with van der Waals surface area (Å²) in [5.74, 6) is -0.659. The summed E-state index contributed by atoms with van der Waals surface area (Å²) < 4.78 is 60.4. The van der Waals surface area contributed by atoms with Crippen LogP contribution in [0.2, 0.25) is 0 Å². The van der Waals surface area contributed by atoms with E-state index in [1.165, 1.54) is 6.07 Å². The van der Waals surface area contributed by atoms with Gasteiger partial charge in [0.05, 0.1) is 13.2 Å². The van der Waals surface area contributed by atoms with E-state index >= 15 is 0 Å². The third-order valence-electron chi connectivity index (χ3n) is 5.45. The first kappa shape index (κ1) is 24.2. The van der Waals surface area contributed by atoms with E-state index in [0.29, 0.717) is 47.2 Å². The minimum Gasteiger partial charge on any atom is -0.494 e. The Labute approximate surface area is 202 Å². The summed E-state index contributed by atoms with van der Waals surface area (Å²) in [7, 11) is 0. The van der Waals surface area contributed by atoms with Crippen molar-refractivity contribution in [2.45, 2.75) is 20.5 Å². The molecule has 0 N–H and O–H groups in total. The monoisotopic (exact) mass is 478 g/mol. The molecule has 6 heteroatoms. The largest absolute Gasteiger partial charge is 0.494 e. The number of hydrogen-bond acceptors (Lipinski definition) is 3. The molecule has 0 radical (unpaired) electrons.